The highest BCUT2D eigenvalue weighted by atomic mass is 35.5. The maximum Gasteiger partial charge on any atom is 0.416 e. The van der Waals surface area contributed by atoms with Crippen LogP contribution in [0, 0.1) is 0 Å². The molecular weight excluding hydrogens is 305 g/mol. The number of nitrogens with one attached hydrogen (secondary N) is 1. The van der Waals surface area contributed by atoms with Crippen LogP contribution in [0.25, 0.3) is 0 Å². The van der Waals surface area contributed by atoms with Crippen LogP contribution in [-0.4, -0.2) is 30.4 Å². The summed E-state index contributed by atoms with van der Waals surface area (Å²) in [5.41, 5.74) is -0.834. The summed E-state index contributed by atoms with van der Waals surface area (Å²) < 4.78 is 37.9. The highest BCUT2D eigenvalue weighted by molar-refractivity contribution is 6.33. The Balaban J connectivity index is 1.96. The van der Waals surface area contributed by atoms with Crippen molar-refractivity contribution in [3.63, 3.8) is 0 Å². The fourth-order valence-corrected chi connectivity index (χ4v) is 2.44. The molecule has 2 rings (SSSR count). The van der Waals surface area contributed by atoms with Crippen molar-refractivity contribution in [2.75, 3.05) is 25.0 Å². The predicted octanol–water partition coefficient (Wildman–Crippen LogP) is 3.78. The number of carbonyl (C=O) groups is 1. The van der Waals surface area contributed by atoms with Crippen LogP contribution in [0.1, 0.15) is 24.8 Å². The SMILES string of the molecule is O=C(CCN1CCCC1)Nc1cc(C(F)(F)F)ccc1Cl. The van der Waals surface area contributed by atoms with E-state index in [2.05, 4.69) is 10.2 Å². The Morgan fingerprint density at radius 3 is 2.57 bits per heavy atom. The zero-order valence-electron chi connectivity index (χ0n) is 11.3. The average molecular weight is 321 g/mol. The minimum Gasteiger partial charge on any atom is -0.325 e. The topological polar surface area (TPSA) is 32.3 Å². The molecule has 1 fully saturated rings. The summed E-state index contributed by atoms with van der Waals surface area (Å²) in [5.74, 6) is -0.330. The van der Waals surface area contributed by atoms with E-state index in [-0.39, 0.29) is 23.0 Å². The van der Waals surface area contributed by atoms with Gasteiger partial charge in [0, 0.05) is 13.0 Å². The molecule has 0 saturated carbocycles. The van der Waals surface area contributed by atoms with E-state index in [4.69, 9.17) is 11.6 Å². The number of alkyl halides is 3. The van der Waals surface area contributed by atoms with E-state index >= 15 is 0 Å². The second-order valence-corrected chi connectivity index (χ2v) is 5.45. The number of nitrogens with zero attached hydrogens (tertiary/aromatic N) is 1. The maximum atomic E-state index is 12.6. The van der Waals surface area contributed by atoms with E-state index in [1.807, 2.05) is 0 Å². The third kappa shape index (κ3) is 4.61. The van der Waals surface area contributed by atoms with Gasteiger partial charge in [-0.3, -0.25) is 4.79 Å². The first kappa shape index (κ1) is 16.1. The van der Waals surface area contributed by atoms with Crippen molar-refractivity contribution in [3.8, 4) is 0 Å². The fourth-order valence-electron chi connectivity index (χ4n) is 2.28. The number of hydrogen-bond donors (Lipinski definition) is 1. The van der Waals surface area contributed by atoms with Gasteiger partial charge < -0.3 is 10.2 Å². The monoisotopic (exact) mass is 320 g/mol. The Morgan fingerprint density at radius 2 is 1.95 bits per heavy atom. The lowest BCUT2D eigenvalue weighted by Gasteiger charge is -2.15. The molecule has 0 unspecified atom stereocenters. The Hall–Kier alpha value is -1.27. The van der Waals surface area contributed by atoms with E-state index in [9.17, 15) is 18.0 Å². The third-order valence-electron chi connectivity index (χ3n) is 3.42. The minimum atomic E-state index is -4.46. The lowest BCUT2D eigenvalue weighted by molar-refractivity contribution is -0.137. The molecule has 1 aliphatic heterocycles. The Bertz CT molecular complexity index is 513. The van der Waals surface area contributed by atoms with Crippen molar-refractivity contribution in [2.45, 2.75) is 25.4 Å². The Labute approximate surface area is 126 Å². The van der Waals surface area contributed by atoms with Gasteiger partial charge in [-0.1, -0.05) is 11.6 Å². The van der Waals surface area contributed by atoms with Gasteiger partial charge >= 0.3 is 6.18 Å². The van der Waals surface area contributed by atoms with Gasteiger partial charge in [-0.2, -0.15) is 13.2 Å². The van der Waals surface area contributed by atoms with Gasteiger partial charge in [-0.05, 0) is 44.1 Å². The summed E-state index contributed by atoms with van der Waals surface area (Å²) in [4.78, 5) is 14.0. The van der Waals surface area contributed by atoms with Gasteiger partial charge in [0.2, 0.25) is 5.91 Å². The van der Waals surface area contributed by atoms with Crippen LogP contribution in [0.3, 0.4) is 0 Å². The normalized spacial score (nSPS) is 16.2. The largest absolute Gasteiger partial charge is 0.416 e. The number of carbonyl (C=O) groups excluding carboxylic acids is 1. The highest BCUT2D eigenvalue weighted by Gasteiger charge is 2.31. The molecule has 0 atom stereocenters. The molecular formula is C14H16ClF3N2O. The number of rotatable bonds is 4. The van der Waals surface area contributed by atoms with Crippen LogP contribution in [0.2, 0.25) is 5.02 Å². The van der Waals surface area contributed by atoms with Crippen molar-refractivity contribution < 1.29 is 18.0 Å². The summed E-state index contributed by atoms with van der Waals surface area (Å²) >= 11 is 5.83. The lowest BCUT2D eigenvalue weighted by Crippen LogP contribution is -2.25. The van der Waals surface area contributed by atoms with Crippen LogP contribution in [-0.2, 0) is 11.0 Å². The number of benzene rings is 1. The van der Waals surface area contributed by atoms with Crippen molar-refractivity contribution in [3.05, 3.63) is 28.8 Å². The molecule has 3 nitrogen and oxygen atoms in total. The Morgan fingerprint density at radius 1 is 1.29 bits per heavy atom. The second-order valence-electron chi connectivity index (χ2n) is 5.04. The van der Waals surface area contributed by atoms with Gasteiger partial charge in [-0.15, -0.1) is 0 Å². The van der Waals surface area contributed by atoms with Crippen molar-refractivity contribution in [1.82, 2.24) is 4.90 Å². The number of hydrogen-bond acceptors (Lipinski definition) is 2. The molecule has 0 aromatic heterocycles. The molecule has 0 aliphatic carbocycles. The molecule has 0 radical (unpaired) electrons. The molecule has 1 heterocycles. The maximum absolute atomic E-state index is 12.6. The van der Waals surface area contributed by atoms with E-state index in [0.29, 0.717) is 6.54 Å². The molecule has 116 valence electrons. The van der Waals surface area contributed by atoms with Crippen LogP contribution in [0.5, 0.6) is 0 Å². The first-order valence-corrected chi connectivity index (χ1v) is 7.13. The minimum absolute atomic E-state index is 0.00193. The van der Waals surface area contributed by atoms with Crippen molar-refractivity contribution in [2.24, 2.45) is 0 Å². The molecule has 1 saturated heterocycles. The van der Waals surface area contributed by atoms with Crippen LogP contribution >= 0.6 is 11.6 Å². The van der Waals surface area contributed by atoms with Crippen LogP contribution < -0.4 is 5.32 Å². The lowest BCUT2D eigenvalue weighted by atomic mass is 10.2. The van der Waals surface area contributed by atoms with Gasteiger partial charge in [0.15, 0.2) is 0 Å². The predicted molar refractivity (Wildman–Crippen MR) is 75.4 cm³/mol. The Kier molecular flexibility index (Phi) is 5.11. The van der Waals surface area contributed by atoms with E-state index in [0.717, 1.165) is 44.1 Å². The number of halogens is 4. The molecule has 1 amide bonds. The first-order valence-electron chi connectivity index (χ1n) is 6.75. The van der Waals surface area contributed by atoms with Crippen LogP contribution in [0.4, 0.5) is 18.9 Å². The number of amides is 1. The van der Waals surface area contributed by atoms with Gasteiger partial charge in [0.05, 0.1) is 16.3 Å². The smallest absolute Gasteiger partial charge is 0.325 e. The van der Waals surface area contributed by atoms with Gasteiger partial charge in [0.1, 0.15) is 0 Å². The zero-order valence-corrected chi connectivity index (χ0v) is 12.1. The second kappa shape index (κ2) is 6.66. The van der Waals surface area contributed by atoms with E-state index in [1.165, 1.54) is 0 Å². The summed E-state index contributed by atoms with van der Waals surface area (Å²) in [6, 6.07) is 2.89. The van der Waals surface area contributed by atoms with Crippen molar-refractivity contribution in [1.29, 1.82) is 0 Å². The summed E-state index contributed by atoms with van der Waals surface area (Å²) in [6.45, 7) is 2.55. The molecule has 7 heteroatoms. The van der Waals surface area contributed by atoms with Crippen molar-refractivity contribution >= 4 is 23.2 Å². The fraction of sp³-hybridized carbons (Fsp3) is 0.500. The van der Waals surface area contributed by atoms with Crippen LogP contribution in [0.15, 0.2) is 18.2 Å². The van der Waals surface area contributed by atoms with Gasteiger partial charge in [-0.25, -0.2) is 0 Å². The van der Waals surface area contributed by atoms with E-state index < -0.39 is 11.7 Å². The third-order valence-corrected chi connectivity index (χ3v) is 3.75. The standard InChI is InChI=1S/C14H16ClF3N2O/c15-11-4-3-10(14(16,17)18)9-12(11)19-13(21)5-8-20-6-1-2-7-20/h3-4,9H,1-2,5-8H2,(H,19,21). The molecule has 1 aromatic carbocycles. The quantitative estimate of drug-likeness (QED) is 0.915. The molecule has 1 aromatic rings. The number of likely N-dealkylation sites (tertiary alicyclic amines) is 1. The molecule has 0 bridgehead atoms. The summed E-state index contributed by atoms with van der Waals surface area (Å²) in [5, 5.41) is 2.54. The zero-order chi connectivity index (χ0) is 15.5. The van der Waals surface area contributed by atoms with E-state index in [1.54, 1.807) is 0 Å². The van der Waals surface area contributed by atoms with Gasteiger partial charge in [0.25, 0.3) is 0 Å². The number of anilines is 1. The molecule has 21 heavy (non-hydrogen) atoms. The summed E-state index contributed by atoms with van der Waals surface area (Å²) in [6.07, 6.45) is -1.96. The highest BCUT2D eigenvalue weighted by Crippen LogP contribution is 2.33. The molecule has 0 spiro atoms. The average Bonchev–Trinajstić information content (AvgIpc) is 2.91. The summed E-state index contributed by atoms with van der Waals surface area (Å²) in [7, 11) is 0. The molecule has 1 aliphatic rings. The first-order chi connectivity index (χ1) is 9.86. The molecule has 1 N–H and O–H groups in total.